The predicted molar refractivity (Wildman–Crippen MR) is 65.7 cm³/mol. The molecular weight excluding hydrogens is 262 g/mol. The molecule has 0 radical (unpaired) electrons. The highest BCUT2D eigenvalue weighted by molar-refractivity contribution is 7.85. The van der Waals surface area contributed by atoms with Crippen LogP contribution in [0.1, 0.15) is 27.2 Å². The van der Waals surface area contributed by atoms with Gasteiger partial charge in [-0.1, -0.05) is 0 Å². The number of rotatable bonds is 7. The van der Waals surface area contributed by atoms with Crippen LogP contribution >= 0.6 is 0 Å². The topological polar surface area (TPSA) is 116 Å². The molecule has 0 saturated carbocycles. The average Bonchev–Trinajstić information content (AvgIpc) is 2.12. The minimum atomic E-state index is -3.97. The number of hydrogen-bond donors (Lipinski definition) is 2. The van der Waals surface area contributed by atoms with Crippen LogP contribution in [0.2, 0.25) is 0 Å². The quantitative estimate of drug-likeness (QED) is 0.382. The highest BCUT2D eigenvalue weighted by Crippen LogP contribution is 2.07. The Morgan fingerprint density at radius 1 is 1.39 bits per heavy atom. The fourth-order valence-electron chi connectivity index (χ4n) is 0.999. The van der Waals surface area contributed by atoms with E-state index in [1.165, 1.54) is 0 Å². The predicted octanol–water partition coefficient (Wildman–Crippen LogP) is -0.0501. The van der Waals surface area contributed by atoms with Gasteiger partial charge in [0.25, 0.3) is 10.1 Å². The summed E-state index contributed by atoms with van der Waals surface area (Å²) in [7, 11) is -3.97. The lowest BCUT2D eigenvalue weighted by Gasteiger charge is -2.22. The lowest BCUT2D eigenvalue weighted by molar-refractivity contribution is -0.157. The molecule has 0 aromatic carbocycles. The molecule has 1 atom stereocenters. The van der Waals surface area contributed by atoms with Crippen LogP contribution in [0.15, 0.2) is 0 Å². The second-order valence-corrected chi connectivity index (χ2v) is 6.43. The van der Waals surface area contributed by atoms with Crippen LogP contribution in [0.3, 0.4) is 0 Å². The molecule has 0 rings (SSSR count). The van der Waals surface area contributed by atoms with Crippen molar-refractivity contribution in [3.05, 3.63) is 0 Å². The number of nitrogens with two attached hydrogens (primary N) is 1. The van der Waals surface area contributed by atoms with Crippen molar-refractivity contribution in [1.82, 2.24) is 0 Å². The van der Waals surface area contributed by atoms with E-state index in [1.54, 1.807) is 20.8 Å². The van der Waals surface area contributed by atoms with Crippen molar-refractivity contribution in [2.45, 2.75) is 38.8 Å². The van der Waals surface area contributed by atoms with Crippen molar-refractivity contribution in [3.8, 4) is 0 Å². The summed E-state index contributed by atoms with van der Waals surface area (Å²) in [5.74, 6) is -0.952. The van der Waals surface area contributed by atoms with Crippen LogP contribution < -0.4 is 5.73 Å². The molecule has 18 heavy (non-hydrogen) atoms. The van der Waals surface area contributed by atoms with Gasteiger partial charge in [0.05, 0.1) is 12.4 Å². The van der Waals surface area contributed by atoms with Gasteiger partial charge in [0.1, 0.15) is 11.6 Å². The van der Waals surface area contributed by atoms with Crippen molar-refractivity contribution >= 4 is 16.1 Å². The second kappa shape index (κ2) is 7.03. The molecule has 108 valence electrons. The summed E-state index contributed by atoms with van der Waals surface area (Å²) in [6.07, 6.45) is 0.139. The number of hydrogen-bond acceptors (Lipinski definition) is 6. The van der Waals surface area contributed by atoms with Gasteiger partial charge < -0.3 is 15.2 Å². The first-order valence-corrected chi connectivity index (χ1v) is 7.13. The van der Waals surface area contributed by atoms with Crippen LogP contribution in [0.5, 0.6) is 0 Å². The van der Waals surface area contributed by atoms with Crippen LogP contribution in [0, 0.1) is 0 Å². The van der Waals surface area contributed by atoms with Crippen molar-refractivity contribution in [3.63, 3.8) is 0 Å². The summed E-state index contributed by atoms with van der Waals surface area (Å²) in [5.41, 5.74) is 4.91. The third-order valence-corrected chi connectivity index (χ3v) is 2.50. The van der Waals surface area contributed by atoms with E-state index < -0.39 is 27.7 Å². The Hall–Kier alpha value is -0.700. The summed E-state index contributed by atoms with van der Waals surface area (Å²) in [4.78, 5) is 11.4. The molecule has 1 unspecified atom stereocenters. The van der Waals surface area contributed by atoms with Crippen LogP contribution in [0.25, 0.3) is 0 Å². The van der Waals surface area contributed by atoms with Crippen molar-refractivity contribution in [2.24, 2.45) is 5.73 Å². The summed E-state index contributed by atoms with van der Waals surface area (Å²) in [6.45, 7) is 5.22. The molecule has 3 N–H and O–H groups in total. The van der Waals surface area contributed by atoms with E-state index in [2.05, 4.69) is 0 Å². The van der Waals surface area contributed by atoms with Gasteiger partial charge in [-0.25, -0.2) is 0 Å². The molecule has 0 bridgehead atoms. The monoisotopic (exact) mass is 283 g/mol. The maximum Gasteiger partial charge on any atom is 0.325 e. The third-order valence-electron chi connectivity index (χ3n) is 1.70. The maximum atomic E-state index is 11.4. The summed E-state index contributed by atoms with van der Waals surface area (Å²) >= 11 is 0. The fourth-order valence-corrected chi connectivity index (χ4v) is 1.48. The molecular formula is C10H21NO6S. The Morgan fingerprint density at radius 3 is 2.39 bits per heavy atom. The normalized spacial score (nSPS) is 14.3. The summed E-state index contributed by atoms with van der Waals surface area (Å²) in [5, 5.41) is 0. The minimum absolute atomic E-state index is 0.0552. The molecule has 0 aliphatic carbocycles. The van der Waals surface area contributed by atoms with E-state index in [0.717, 1.165) is 0 Å². The van der Waals surface area contributed by atoms with Crippen molar-refractivity contribution < 1.29 is 27.2 Å². The van der Waals surface area contributed by atoms with Gasteiger partial charge in [0.15, 0.2) is 0 Å². The molecule has 0 spiro atoms. The van der Waals surface area contributed by atoms with Crippen LogP contribution in [-0.2, 0) is 24.4 Å². The lowest BCUT2D eigenvalue weighted by atomic mass is 10.2. The molecule has 0 aliphatic heterocycles. The summed E-state index contributed by atoms with van der Waals surface area (Å²) < 4.78 is 39.3. The van der Waals surface area contributed by atoms with E-state index in [1.807, 2.05) is 0 Å². The van der Waals surface area contributed by atoms with Gasteiger partial charge in [-0.15, -0.1) is 0 Å². The van der Waals surface area contributed by atoms with Gasteiger partial charge in [0.2, 0.25) is 0 Å². The Kier molecular flexibility index (Phi) is 6.76. The van der Waals surface area contributed by atoms with Gasteiger partial charge >= 0.3 is 5.97 Å². The average molecular weight is 283 g/mol. The lowest BCUT2D eigenvalue weighted by Crippen LogP contribution is -2.40. The van der Waals surface area contributed by atoms with Gasteiger partial charge in [-0.2, -0.15) is 8.42 Å². The zero-order valence-electron chi connectivity index (χ0n) is 10.9. The summed E-state index contributed by atoms with van der Waals surface area (Å²) in [6, 6.07) is -0.907. The molecule has 0 fully saturated rings. The van der Waals surface area contributed by atoms with E-state index in [-0.39, 0.29) is 25.4 Å². The maximum absolute atomic E-state index is 11.4. The minimum Gasteiger partial charge on any atom is -0.459 e. The SMILES string of the molecule is CC(C)(C)OC(=O)C(N)COCCCS(=O)(=O)O. The molecule has 0 saturated heterocycles. The number of ether oxygens (including phenoxy) is 2. The Labute approximate surface area is 107 Å². The van der Waals surface area contributed by atoms with E-state index in [9.17, 15) is 13.2 Å². The number of carbonyl (C=O) groups excluding carboxylic acids is 1. The third kappa shape index (κ3) is 10.5. The first-order chi connectivity index (χ1) is 8.01. The van der Waals surface area contributed by atoms with Crippen LogP contribution in [-0.4, -0.2) is 49.5 Å². The van der Waals surface area contributed by atoms with Gasteiger partial charge in [-0.05, 0) is 27.2 Å². The fraction of sp³-hybridized carbons (Fsp3) is 0.900. The standard InChI is InChI=1S/C10H21NO6S/c1-10(2,3)17-9(12)8(11)7-16-5-4-6-18(13,14)15/h8H,4-7,11H2,1-3H3,(H,13,14,15). The Morgan fingerprint density at radius 2 is 1.94 bits per heavy atom. The first kappa shape index (κ1) is 17.3. The van der Waals surface area contributed by atoms with Crippen molar-refractivity contribution in [2.75, 3.05) is 19.0 Å². The highest BCUT2D eigenvalue weighted by atomic mass is 32.2. The molecule has 0 aromatic heterocycles. The largest absolute Gasteiger partial charge is 0.459 e. The van der Waals surface area contributed by atoms with E-state index in [4.69, 9.17) is 19.8 Å². The Balaban J connectivity index is 3.77. The molecule has 0 heterocycles. The number of esters is 1. The molecule has 0 aliphatic rings. The molecule has 0 amide bonds. The second-order valence-electron chi connectivity index (χ2n) is 4.85. The molecule has 0 aromatic rings. The van der Waals surface area contributed by atoms with E-state index >= 15 is 0 Å². The van der Waals surface area contributed by atoms with Gasteiger partial charge in [0, 0.05) is 6.61 Å². The Bertz CT molecular complexity index is 359. The molecule has 8 heteroatoms. The zero-order valence-corrected chi connectivity index (χ0v) is 11.7. The van der Waals surface area contributed by atoms with Crippen molar-refractivity contribution in [1.29, 1.82) is 0 Å². The smallest absolute Gasteiger partial charge is 0.325 e. The first-order valence-electron chi connectivity index (χ1n) is 5.52. The van der Waals surface area contributed by atoms with Gasteiger partial charge in [-0.3, -0.25) is 9.35 Å². The highest BCUT2D eigenvalue weighted by Gasteiger charge is 2.22. The van der Waals surface area contributed by atoms with Crippen LogP contribution in [0.4, 0.5) is 0 Å². The van der Waals surface area contributed by atoms with E-state index in [0.29, 0.717) is 0 Å². The number of carbonyl (C=O) groups is 1. The zero-order chi connectivity index (χ0) is 14.4. The molecule has 7 nitrogen and oxygen atoms in total.